The van der Waals surface area contributed by atoms with Crippen molar-refractivity contribution < 1.29 is 0 Å². The lowest BCUT2D eigenvalue weighted by atomic mass is 10.1. The number of halogens is 1. The van der Waals surface area contributed by atoms with Gasteiger partial charge in [0.1, 0.15) is 0 Å². The van der Waals surface area contributed by atoms with Crippen molar-refractivity contribution in [2.75, 3.05) is 6.54 Å². The van der Waals surface area contributed by atoms with E-state index in [1.165, 1.54) is 21.6 Å². The van der Waals surface area contributed by atoms with Gasteiger partial charge in [-0.2, -0.15) is 0 Å². The van der Waals surface area contributed by atoms with E-state index in [2.05, 4.69) is 50.4 Å². The second-order valence-corrected chi connectivity index (χ2v) is 6.35. The average Bonchev–Trinajstić information content (AvgIpc) is 2.43. The molecule has 1 nitrogen and oxygen atoms in total. The quantitative estimate of drug-likeness (QED) is 0.813. The van der Waals surface area contributed by atoms with Crippen LogP contribution >= 0.6 is 23.4 Å². The van der Waals surface area contributed by atoms with E-state index in [1.54, 1.807) is 11.8 Å². The molecule has 0 atom stereocenters. The molecule has 0 bridgehead atoms. The van der Waals surface area contributed by atoms with Gasteiger partial charge < -0.3 is 5.32 Å². The fourth-order valence-electron chi connectivity index (χ4n) is 1.96. The van der Waals surface area contributed by atoms with Crippen LogP contribution in [0, 0.1) is 13.8 Å². The topological polar surface area (TPSA) is 12.0 Å². The van der Waals surface area contributed by atoms with Gasteiger partial charge >= 0.3 is 0 Å². The number of rotatable bonds is 5. The minimum absolute atomic E-state index is 0.823. The van der Waals surface area contributed by atoms with Gasteiger partial charge in [0, 0.05) is 16.3 Å². The number of hydrogen-bond donors (Lipinski definition) is 1. The van der Waals surface area contributed by atoms with Crippen molar-refractivity contribution in [1.82, 2.24) is 5.32 Å². The lowest BCUT2D eigenvalue weighted by Crippen LogP contribution is -2.12. The zero-order valence-corrected chi connectivity index (χ0v) is 13.7. The predicted octanol–water partition coefficient (Wildman–Crippen LogP) is 5.22. The van der Waals surface area contributed by atoms with Gasteiger partial charge in [0.05, 0.1) is 5.02 Å². The maximum atomic E-state index is 6.38. The van der Waals surface area contributed by atoms with Crippen LogP contribution in [0.4, 0.5) is 0 Å². The van der Waals surface area contributed by atoms with Crippen molar-refractivity contribution in [3.05, 3.63) is 58.1 Å². The molecule has 0 amide bonds. The summed E-state index contributed by atoms with van der Waals surface area (Å²) in [7, 11) is 0. The van der Waals surface area contributed by atoms with Crippen molar-refractivity contribution in [3.8, 4) is 0 Å². The highest BCUT2D eigenvalue weighted by Gasteiger charge is 2.09. The van der Waals surface area contributed by atoms with E-state index in [4.69, 9.17) is 11.6 Å². The predicted molar refractivity (Wildman–Crippen MR) is 88.9 cm³/mol. The summed E-state index contributed by atoms with van der Waals surface area (Å²) in [4.78, 5) is 2.39. The Morgan fingerprint density at radius 2 is 1.90 bits per heavy atom. The SMILES string of the molecule is CCNCc1cccc(Cl)c1Sc1ccc(C)c(C)c1. The third kappa shape index (κ3) is 3.78. The molecular weight excluding hydrogens is 286 g/mol. The molecule has 1 N–H and O–H groups in total. The molecule has 0 saturated carbocycles. The van der Waals surface area contributed by atoms with E-state index in [9.17, 15) is 0 Å². The average molecular weight is 306 g/mol. The van der Waals surface area contributed by atoms with E-state index in [0.717, 1.165) is 23.0 Å². The minimum atomic E-state index is 0.823. The van der Waals surface area contributed by atoms with Crippen LogP contribution in [0.15, 0.2) is 46.2 Å². The molecular formula is C17H20ClNS. The zero-order chi connectivity index (χ0) is 14.5. The summed E-state index contributed by atoms with van der Waals surface area (Å²) < 4.78 is 0. The molecule has 20 heavy (non-hydrogen) atoms. The second-order valence-electron chi connectivity index (χ2n) is 4.86. The molecule has 2 aromatic carbocycles. The smallest absolute Gasteiger partial charge is 0.0548 e. The number of hydrogen-bond acceptors (Lipinski definition) is 2. The molecule has 0 radical (unpaired) electrons. The normalized spacial score (nSPS) is 10.8. The van der Waals surface area contributed by atoms with Crippen molar-refractivity contribution in [2.45, 2.75) is 37.1 Å². The Morgan fingerprint density at radius 1 is 1.10 bits per heavy atom. The van der Waals surface area contributed by atoms with Crippen LogP contribution in [0.1, 0.15) is 23.6 Å². The van der Waals surface area contributed by atoms with Gasteiger partial charge in [0.2, 0.25) is 0 Å². The largest absolute Gasteiger partial charge is 0.313 e. The Morgan fingerprint density at radius 3 is 2.60 bits per heavy atom. The fourth-order valence-corrected chi connectivity index (χ4v) is 3.32. The summed E-state index contributed by atoms with van der Waals surface area (Å²) in [5, 5.41) is 4.19. The van der Waals surface area contributed by atoms with Crippen LogP contribution in [0.25, 0.3) is 0 Å². The molecule has 2 rings (SSSR count). The van der Waals surface area contributed by atoms with Gasteiger partial charge in [0.25, 0.3) is 0 Å². The molecule has 0 saturated heterocycles. The Balaban J connectivity index is 2.29. The molecule has 0 spiro atoms. The number of nitrogens with one attached hydrogen (secondary N) is 1. The maximum Gasteiger partial charge on any atom is 0.0548 e. The van der Waals surface area contributed by atoms with Crippen molar-refractivity contribution >= 4 is 23.4 Å². The molecule has 0 heterocycles. The number of benzene rings is 2. The molecule has 0 aliphatic heterocycles. The van der Waals surface area contributed by atoms with E-state index in [1.807, 2.05) is 12.1 Å². The standard InChI is InChI=1S/C17H20ClNS/c1-4-19-11-14-6-5-7-16(18)17(14)20-15-9-8-12(2)13(3)10-15/h5-10,19H,4,11H2,1-3H3. The lowest BCUT2D eigenvalue weighted by molar-refractivity contribution is 0.718. The van der Waals surface area contributed by atoms with E-state index in [0.29, 0.717) is 0 Å². The summed E-state index contributed by atoms with van der Waals surface area (Å²) >= 11 is 8.12. The Hall–Kier alpha value is -0.960. The van der Waals surface area contributed by atoms with Crippen molar-refractivity contribution in [1.29, 1.82) is 0 Å². The van der Waals surface area contributed by atoms with Crippen LogP contribution in [-0.4, -0.2) is 6.54 Å². The van der Waals surface area contributed by atoms with Crippen LogP contribution in [-0.2, 0) is 6.54 Å². The third-order valence-electron chi connectivity index (χ3n) is 3.31. The van der Waals surface area contributed by atoms with Crippen LogP contribution in [0.2, 0.25) is 5.02 Å². The van der Waals surface area contributed by atoms with E-state index < -0.39 is 0 Å². The second kappa shape index (κ2) is 7.16. The minimum Gasteiger partial charge on any atom is -0.313 e. The molecule has 0 unspecified atom stereocenters. The van der Waals surface area contributed by atoms with Gasteiger partial charge in [-0.1, -0.05) is 48.5 Å². The Bertz CT molecular complexity index is 596. The van der Waals surface area contributed by atoms with Gasteiger partial charge in [-0.05, 0) is 55.3 Å². The van der Waals surface area contributed by atoms with E-state index >= 15 is 0 Å². The first-order valence-electron chi connectivity index (χ1n) is 6.85. The summed E-state index contributed by atoms with van der Waals surface area (Å²) in [5.41, 5.74) is 3.89. The molecule has 0 aliphatic rings. The Kier molecular flexibility index (Phi) is 5.53. The first-order valence-corrected chi connectivity index (χ1v) is 8.04. The van der Waals surface area contributed by atoms with Crippen LogP contribution < -0.4 is 5.32 Å². The maximum absolute atomic E-state index is 6.38. The molecule has 0 fully saturated rings. The molecule has 3 heteroatoms. The van der Waals surface area contributed by atoms with Crippen molar-refractivity contribution in [3.63, 3.8) is 0 Å². The van der Waals surface area contributed by atoms with Gasteiger partial charge in [-0.25, -0.2) is 0 Å². The number of aryl methyl sites for hydroxylation is 2. The van der Waals surface area contributed by atoms with Crippen molar-refractivity contribution in [2.24, 2.45) is 0 Å². The van der Waals surface area contributed by atoms with Crippen LogP contribution in [0.5, 0.6) is 0 Å². The lowest BCUT2D eigenvalue weighted by Gasteiger charge is -2.12. The molecule has 106 valence electrons. The van der Waals surface area contributed by atoms with Gasteiger partial charge in [-0.3, -0.25) is 0 Å². The monoisotopic (exact) mass is 305 g/mol. The first-order chi connectivity index (χ1) is 9.61. The highest BCUT2D eigenvalue weighted by atomic mass is 35.5. The molecule has 2 aromatic rings. The third-order valence-corrected chi connectivity index (χ3v) is 4.92. The zero-order valence-electron chi connectivity index (χ0n) is 12.2. The molecule has 0 aromatic heterocycles. The first kappa shape index (κ1) is 15.4. The Labute approximate surface area is 130 Å². The highest BCUT2D eigenvalue weighted by molar-refractivity contribution is 7.99. The summed E-state index contributed by atoms with van der Waals surface area (Å²) in [6, 6.07) is 12.7. The summed E-state index contributed by atoms with van der Waals surface area (Å²) in [6.07, 6.45) is 0. The van der Waals surface area contributed by atoms with Crippen LogP contribution in [0.3, 0.4) is 0 Å². The molecule has 0 aliphatic carbocycles. The van der Waals surface area contributed by atoms with Gasteiger partial charge in [-0.15, -0.1) is 0 Å². The fraction of sp³-hybridized carbons (Fsp3) is 0.294. The van der Waals surface area contributed by atoms with E-state index in [-0.39, 0.29) is 0 Å². The van der Waals surface area contributed by atoms with Gasteiger partial charge in [0.15, 0.2) is 0 Å². The summed E-state index contributed by atoms with van der Waals surface area (Å²) in [5.74, 6) is 0. The highest BCUT2D eigenvalue weighted by Crippen LogP contribution is 2.36. The summed E-state index contributed by atoms with van der Waals surface area (Å²) in [6.45, 7) is 8.20.